The molecule has 0 unspecified atom stereocenters. The van der Waals surface area contributed by atoms with E-state index in [1.165, 1.54) is 24.4 Å². The lowest BCUT2D eigenvalue weighted by Gasteiger charge is -2.16. The third kappa shape index (κ3) is 3.86. The first-order valence-electron chi connectivity index (χ1n) is 9.20. The number of pyridine rings is 1. The number of alkyl halides is 3. The maximum absolute atomic E-state index is 12.9. The van der Waals surface area contributed by atoms with E-state index in [4.69, 9.17) is 5.14 Å². The number of hydrogen-bond acceptors (Lipinski definition) is 3. The van der Waals surface area contributed by atoms with E-state index < -0.39 is 21.9 Å². The molecule has 1 aromatic carbocycles. The van der Waals surface area contributed by atoms with E-state index in [1.807, 2.05) is 0 Å². The van der Waals surface area contributed by atoms with Crippen molar-refractivity contribution >= 4 is 21.2 Å². The van der Waals surface area contributed by atoms with E-state index in [9.17, 15) is 21.6 Å². The molecule has 4 rings (SSSR count). The summed E-state index contributed by atoms with van der Waals surface area (Å²) in [6.07, 6.45) is 5.15. The van der Waals surface area contributed by atoms with Crippen molar-refractivity contribution in [2.75, 3.05) is 0 Å². The van der Waals surface area contributed by atoms with Gasteiger partial charge in [-0.2, -0.15) is 13.2 Å². The first-order chi connectivity index (χ1) is 13.6. The fourth-order valence-corrected chi connectivity index (χ4v) is 4.63. The van der Waals surface area contributed by atoms with Crippen molar-refractivity contribution in [2.45, 2.75) is 36.8 Å². The summed E-state index contributed by atoms with van der Waals surface area (Å²) in [6, 6.07) is 8.64. The van der Waals surface area contributed by atoms with Crippen LogP contribution in [0.3, 0.4) is 0 Å². The lowest BCUT2D eigenvalue weighted by atomic mass is 9.88. The summed E-state index contributed by atoms with van der Waals surface area (Å²) in [6.45, 7) is 0. The molecule has 1 spiro atoms. The van der Waals surface area contributed by atoms with Crippen LogP contribution in [0, 0.1) is 5.41 Å². The first kappa shape index (κ1) is 19.8. The molecule has 0 saturated heterocycles. The fourth-order valence-electron chi connectivity index (χ4n) is 4.12. The molecular formula is C21H19F3N2O2S. The number of sulfonamides is 1. The summed E-state index contributed by atoms with van der Waals surface area (Å²) in [5, 5.41) is 5.17. The normalized spacial score (nSPS) is 18.8. The molecule has 0 radical (unpaired) electrons. The molecule has 152 valence electrons. The lowest BCUT2D eigenvalue weighted by molar-refractivity contribution is -0.141. The summed E-state index contributed by atoms with van der Waals surface area (Å²) in [4.78, 5) is 3.61. The standard InChI is InChI=1S/C21H19F3N2O2S/c22-21(23,24)19-8-5-15(13-26-19)18-12-20(9-1-2-10-20)11-17(18)14-3-6-16(7-4-14)29(25,27)28/h3-8,11-13H,1-2,9-10H2,(H2,25,27,28). The van der Waals surface area contributed by atoms with Gasteiger partial charge in [0, 0.05) is 17.2 Å². The Kier molecular flexibility index (Phi) is 4.66. The van der Waals surface area contributed by atoms with Gasteiger partial charge in [0.15, 0.2) is 0 Å². The van der Waals surface area contributed by atoms with Gasteiger partial charge in [0.25, 0.3) is 0 Å². The summed E-state index contributed by atoms with van der Waals surface area (Å²) < 4.78 is 61.6. The molecule has 0 amide bonds. The lowest BCUT2D eigenvalue weighted by Crippen LogP contribution is -2.11. The van der Waals surface area contributed by atoms with Crippen molar-refractivity contribution in [3.8, 4) is 0 Å². The van der Waals surface area contributed by atoms with E-state index in [1.54, 1.807) is 12.1 Å². The van der Waals surface area contributed by atoms with Crippen molar-refractivity contribution in [1.82, 2.24) is 4.98 Å². The average Bonchev–Trinajstić information content (AvgIpc) is 3.28. The molecular weight excluding hydrogens is 401 g/mol. The summed E-state index contributed by atoms with van der Waals surface area (Å²) in [5.41, 5.74) is 2.02. The van der Waals surface area contributed by atoms with Gasteiger partial charge in [-0.1, -0.05) is 43.2 Å². The Morgan fingerprint density at radius 2 is 1.45 bits per heavy atom. The van der Waals surface area contributed by atoms with E-state index >= 15 is 0 Å². The smallest absolute Gasteiger partial charge is 0.251 e. The third-order valence-corrected chi connectivity index (χ3v) is 6.48. The van der Waals surface area contributed by atoms with Crippen molar-refractivity contribution in [1.29, 1.82) is 0 Å². The number of allylic oxidation sites excluding steroid dienone is 4. The van der Waals surface area contributed by atoms with Crippen LogP contribution in [0.1, 0.15) is 42.5 Å². The Bertz CT molecular complexity index is 1090. The largest absolute Gasteiger partial charge is 0.433 e. The van der Waals surface area contributed by atoms with Gasteiger partial charge in [0.1, 0.15) is 5.69 Å². The number of nitrogens with zero attached hydrogens (tertiary/aromatic N) is 1. The van der Waals surface area contributed by atoms with Crippen LogP contribution in [0.4, 0.5) is 13.2 Å². The van der Waals surface area contributed by atoms with Gasteiger partial charge in [-0.25, -0.2) is 13.6 Å². The van der Waals surface area contributed by atoms with Gasteiger partial charge < -0.3 is 0 Å². The zero-order chi connectivity index (χ0) is 20.9. The summed E-state index contributed by atoms with van der Waals surface area (Å²) in [5.74, 6) is 0. The highest BCUT2D eigenvalue weighted by atomic mass is 32.2. The minimum atomic E-state index is -4.49. The second-order valence-electron chi connectivity index (χ2n) is 7.56. The van der Waals surface area contributed by atoms with Crippen LogP contribution in [-0.4, -0.2) is 13.4 Å². The Morgan fingerprint density at radius 3 is 1.93 bits per heavy atom. The predicted octanol–water partition coefficient (Wildman–Crippen LogP) is 4.79. The highest BCUT2D eigenvalue weighted by Gasteiger charge is 2.37. The molecule has 1 heterocycles. The Morgan fingerprint density at radius 1 is 0.897 bits per heavy atom. The number of aromatic nitrogens is 1. The van der Waals surface area contributed by atoms with E-state index in [0.717, 1.165) is 48.5 Å². The molecule has 1 aromatic heterocycles. The minimum Gasteiger partial charge on any atom is -0.251 e. The number of nitrogens with two attached hydrogens (primary N) is 1. The van der Waals surface area contributed by atoms with E-state index in [-0.39, 0.29) is 10.3 Å². The molecule has 2 N–H and O–H groups in total. The predicted molar refractivity (Wildman–Crippen MR) is 104 cm³/mol. The second kappa shape index (κ2) is 6.81. The molecule has 1 saturated carbocycles. The van der Waals surface area contributed by atoms with Crippen molar-refractivity contribution in [3.05, 3.63) is 71.6 Å². The Hall–Kier alpha value is -2.45. The molecule has 2 aliphatic rings. The number of benzene rings is 1. The van der Waals surface area contributed by atoms with E-state index in [2.05, 4.69) is 17.1 Å². The molecule has 0 aliphatic heterocycles. The van der Waals surface area contributed by atoms with Crippen LogP contribution >= 0.6 is 0 Å². The zero-order valence-corrected chi connectivity index (χ0v) is 16.2. The molecule has 2 aromatic rings. The highest BCUT2D eigenvalue weighted by molar-refractivity contribution is 7.89. The van der Waals surface area contributed by atoms with E-state index in [0.29, 0.717) is 5.56 Å². The second-order valence-corrected chi connectivity index (χ2v) is 9.12. The van der Waals surface area contributed by atoms with Gasteiger partial charge in [0.2, 0.25) is 10.0 Å². The van der Waals surface area contributed by atoms with Crippen LogP contribution in [0.2, 0.25) is 0 Å². The topological polar surface area (TPSA) is 73.1 Å². The Balaban J connectivity index is 1.76. The molecule has 2 aliphatic carbocycles. The monoisotopic (exact) mass is 420 g/mol. The number of primary sulfonamides is 1. The molecule has 0 bridgehead atoms. The summed E-state index contributed by atoms with van der Waals surface area (Å²) in [7, 11) is -3.80. The zero-order valence-electron chi connectivity index (χ0n) is 15.4. The molecule has 29 heavy (non-hydrogen) atoms. The van der Waals surface area contributed by atoms with Gasteiger partial charge in [-0.3, -0.25) is 4.98 Å². The van der Waals surface area contributed by atoms with Gasteiger partial charge in [-0.05, 0) is 47.8 Å². The SMILES string of the molecule is NS(=O)(=O)c1ccc(C2=CC3(C=C2c2ccc(C(F)(F)F)nc2)CCCC3)cc1. The average molecular weight is 420 g/mol. The maximum atomic E-state index is 12.9. The molecule has 1 fully saturated rings. The van der Waals surface area contributed by atoms with Crippen LogP contribution < -0.4 is 5.14 Å². The molecule has 4 nitrogen and oxygen atoms in total. The quantitative estimate of drug-likeness (QED) is 0.776. The maximum Gasteiger partial charge on any atom is 0.433 e. The van der Waals surface area contributed by atoms with Crippen LogP contribution in [0.5, 0.6) is 0 Å². The first-order valence-corrected chi connectivity index (χ1v) is 10.8. The van der Waals surface area contributed by atoms with Crippen molar-refractivity contribution in [3.63, 3.8) is 0 Å². The molecule has 8 heteroatoms. The van der Waals surface area contributed by atoms with Crippen molar-refractivity contribution in [2.24, 2.45) is 10.6 Å². The number of hydrogen-bond donors (Lipinski definition) is 1. The van der Waals surface area contributed by atoms with Crippen LogP contribution in [-0.2, 0) is 16.2 Å². The summed E-state index contributed by atoms with van der Waals surface area (Å²) >= 11 is 0. The third-order valence-electron chi connectivity index (χ3n) is 5.55. The van der Waals surface area contributed by atoms with Gasteiger partial charge >= 0.3 is 6.18 Å². The highest BCUT2D eigenvalue weighted by Crippen LogP contribution is 2.52. The van der Waals surface area contributed by atoms with Crippen molar-refractivity contribution < 1.29 is 21.6 Å². The van der Waals surface area contributed by atoms with Crippen LogP contribution in [0.15, 0.2) is 59.6 Å². The number of rotatable bonds is 3. The molecule has 0 atom stereocenters. The Labute approximate surface area is 167 Å². The number of halogens is 3. The van der Waals surface area contributed by atoms with Gasteiger partial charge in [0.05, 0.1) is 4.90 Å². The van der Waals surface area contributed by atoms with Gasteiger partial charge in [-0.15, -0.1) is 0 Å². The fraction of sp³-hybridized carbons (Fsp3) is 0.286. The van der Waals surface area contributed by atoms with Crippen LogP contribution in [0.25, 0.3) is 11.1 Å². The minimum absolute atomic E-state index is 0.0113.